The zero-order valence-corrected chi connectivity index (χ0v) is 21.5. The Balaban J connectivity index is 1.41. The Labute approximate surface area is 217 Å². The van der Waals surface area contributed by atoms with Gasteiger partial charge in [0.15, 0.2) is 0 Å². The average molecular weight is 501 g/mol. The van der Waals surface area contributed by atoms with E-state index in [2.05, 4.69) is 50.0 Å². The van der Waals surface area contributed by atoms with Crippen molar-refractivity contribution < 1.29 is 24.0 Å². The maximum absolute atomic E-state index is 12.4. The van der Waals surface area contributed by atoms with Crippen LogP contribution >= 0.6 is 0 Å². The van der Waals surface area contributed by atoms with Crippen LogP contribution < -0.4 is 4.74 Å². The smallest absolute Gasteiger partial charge is 0.363 e. The summed E-state index contributed by atoms with van der Waals surface area (Å²) >= 11 is 0. The van der Waals surface area contributed by atoms with Crippen LogP contribution in [-0.2, 0) is 20.8 Å². The molecule has 1 saturated heterocycles. The topological polar surface area (TPSA) is 85.8 Å². The summed E-state index contributed by atoms with van der Waals surface area (Å²) in [5.74, 6) is -0.482. The Kier molecular flexibility index (Phi) is 8.33. The number of benzene rings is 2. The summed E-state index contributed by atoms with van der Waals surface area (Å²) in [7, 11) is 0. The second-order valence-electron chi connectivity index (χ2n) is 9.65. The number of amides is 2. The molecule has 1 aromatic heterocycles. The lowest BCUT2D eigenvalue weighted by Crippen LogP contribution is -2.32. The molecule has 1 atom stereocenters. The Morgan fingerprint density at radius 3 is 2.19 bits per heavy atom. The Morgan fingerprint density at radius 2 is 1.62 bits per heavy atom. The van der Waals surface area contributed by atoms with Crippen molar-refractivity contribution in [3.05, 3.63) is 83.6 Å². The molecule has 3 aromatic rings. The molecule has 0 bridgehead atoms. The van der Waals surface area contributed by atoms with E-state index in [4.69, 9.17) is 9.57 Å². The minimum Gasteiger partial charge on any atom is -0.484 e. The molecular weight excluding hydrogens is 468 g/mol. The number of aromatic nitrogens is 1. The van der Waals surface area contributed by atoms with Crippen molar-refractivity contribution in [3.8, 4) is 17.0 Å². The van der Waals surface area contributed by atoms with Crippen LogP contribution in [0.5, 0.6) is 5.75 Å². The number of imide groups is 1. The maximum Gasteiger partial charge on any atom is 0.363 e. The molecule has 1 fully saturated rings. The summed E-state index contributed by atoms with van der Waals surface area (Å²) in [6.45, 7) is 6.50. The highest BCUT2D eigenvalue weighted by molar-refractivity contribution is 6.02. The van der Waals surface area contributed by atoms with Crippen molar-refractivity contribution in [2.75, 3.05) is 0 Å². The highest BCUT2D eigenvalue weighted by atomic mass is 16.7. The summed E-state index contributed by atoms with van der Waals surface area (Å²) in [6, 6.07) is 19.2. The summed E-state index contributed by atoms with van der Waals surface area (Å²) in [4.78, 5) is 45.4. The van der Waals surface area contributed by atoms with Gasteiger partial charge in [-0.25, -0.2) is 4.79 Å². The number of hydrogen-bond donors (Lipinski definition) is 0. The lowest BCUT2D eigenvalue weighted by atomic mass is 10.0. The van der Waals surface area contributed by atoms with Gasteiger partial charge in [0.1, 0.15) is 11.9 Å². The first-order chi connectivity index (χ1) is 17.8. The van der Waals surface area contributed by atoms with Crippen LogP contribution in [-0.4, -0.2) is 27.8 Å². The van der Waals surface area contributed by atoms with Gasteiger partial charge >= 0.3 is 5.97 Å². The fraction of sp³-hybridized carbons (Fsp3) is 0.333. The van der Waals surface area contributed by atoms with Crippen LogP contribution in [0.3, 0.4) is 0 Å². The molecule has 37 heavy (non-hydrogen) atoms. The lowest BCUT2D eigenvalue weighted by molar-refractivity contribution is -0.172. The van der Waals surface area contributed by atoms with Crippen molar-refractivity contribution >= 4 is 17.8 Å². The number of ether oxygens (including phenoxy) is 1. The number of carbonyl (C=O) groups excluding carboxylic acids is 3. The number of hydrogen-bond acceptors (Lipinski definition) is 6. The van der Waals surface area contributed by atoms with Gasteiger partial charge < -0.3 is 9.57 Å². The predicted molar refractivity (Wildman–Crippen MR) is 139 cm³/mol. The van der Waals surface area contributed by atoms with E-state index in [1.165, 1.54) is 5.56 Å². The number of nitrogens with zero attached hydrogens (tertiary/aromatic N) is 2. The van der Waals surface area contributed by atoms with Gasteiger partial charge in [-0.15, -0.1) is 5.06 Å². The summed E-state index contributed by atoms with van der Waals surface area (Å²) < 4.78 is 6.25. The Hall–Kier alpha value is -4.00. The minimum absolute atomic E-state index is 0.0570. The second kappa shape index (κ2) is 11.8. The van der Waals surface area contributed by atoms with Crippen LogP contribution in [0.2, 0.25) is 0 Å². The largest absolute Gasteiger partial charge is 0.484 e. The molecule has 0 aliphatic carbocycles. The molecule has 4 rings (SSSR count). The third-order valence-corrected chi connectivity index (χ3v) is 6.16. The number of carbonyl (C=O) groups is 3. The molecule has 0 saturated carbocycles. The molecule has 2 heterocycles. The fourth-order valence-electron chi connectivity index (χ4n) is 4.25. The predicted octanol–water partition coefficient (Wildman–Crippen LogP) is 6.09. The van der Waals surface area contributed by atoms with E-state index in [0.717, 1.165) is 36.1 Å². The summed E-state index contributed by atoms with van der Waals surface area (Å²) in [5, 5.41) is 0.552. The zero-order chi connectivity index (χ0) is 26.4. The monoisotopic (exact) mass is 500 g/mol. The van der Waals surface area contributed by atoms with Gasteiger partial charge in [-0.2, -0.15) is 0 Å². The highest BCUT2D eigenvalue weighted by Crippen LogP contribution is 2.28. The van der Waals surface area contributed by atoms with E-state index in [9.17, 15) is 14.4 Å². The highest BCUT2D eigenvalue weighted by Gasteiger charge is 2.33. The first kappa shape index (κ1) is 26.1. The van der Waals surface area contributed by atoms with E-state index < -0.39 is 17.8 Å². The minimum atomic E-state index is -0.750. The fourth-order valence-corrected chi connectivity index (χ4v) is 4.25. The van der Waals surface area contributed by atoms with Gasteiger partial charge in [0, 0.05) is 18.4 Å². The van der Waals surface area contributed by atoms with Crippen molar-refractivity contribution in [2.45, 2.75) is 59.0 Å². The van der Waals surface area contributed by atoms with E-state index in [1.807, 2.05) is 12.1 Å². The van der Waals surface area contributed by atoms with Crippen LogP contribution in [0.4, 0.5) is 0 Å². The van der Waals surface area contributed by atoms with Gasteiger partial charge in [0.05, 0.1) is 17.5 Å². The maximum atomic E-state index is 12.4. The normalized spacial score (nSPS) is 14.2. The van der Waals surface area contributed by atoms with Gasteiger partial charge in [0.25, 0.3) is 11.8 Å². The van der Waals surface area contributed by atoms with Crippen molar-refractivity contribution in [3.63, 3.8) is 0 Å². The molecule has 1 unspecified atom stereocenters. The third-order valence-electron chi connectivity index (χ3n) is 6.16. The van der Waals surface area contributed by atoms with Gasteiger partial charge in [-0.3, -0.25) is 14.6 Å². The molecule has 192 valence electrons. The van der Waals surface area contributed by atoms with Gasteiger partial charge in [0.2, 0.25) is 0 Å². The lowest BCUT2D eigenvalue weighted by Gasteiger charge is -2.19. The van der Waals surface area contributed by atoms with Crippen LogP contribution in [0.1, 0.15) is 74.0 Å². The molecule has 0 spiro atoms. The molecule has 0 radical (unpaired) electrons. The SMILES string of the molecule is CCCC(Oc1ccc(-c2ccc(CC(C)C)cc2)nc1)c1ccc(C(=O)ON2C(=O)CCC2=O)cc1. The van der Waals surface area contributed by atoms with Gasteiger partial charge in [-0.1, -0.05) is 63.6 Å². The number of hydroxylamine groups is 2. The van der Waals surface area contributed by atoms with E-state index in [1.54, 1.807) is 30.5 Å². The van der Waals surface area contributed by atoms with Crippen LogP contribution in [0.15, 0.2) is 66.9 Å². The molecule has 7 nitrogen and oxygen atoms in total. The van der Waals surface area contributed by atoms with Gasteiger partial charge in [-0.05, 0) is 54.2 Å². The Morgan fingerprint density at radius 1 is 0.946 bits per heavy atom. The van der Waals surface area contributed by atoms with E-state index >= 15 is 0 Å². The van der Waals surface area contributed by atoms with Crippen molar-refractivity contribution in [1.82, 2.24) is 10.0 Å². The summed E-state index contributed by atoms with van der Waals surface area (Å²) in [5.41, 5.74) is 4.41. The van der Waals surface area contributed by atoms with Crippen LogP contribution in [0, 0.1) is 5.92 Å². The zero-order valence-electron chi connectivity index (χ0n) is 21.5. The first-order valence-electron chi connectivity index (χ1n) is 12.7. The molecular formula is C30H32N2O5. The van der Waals surface area contributed by atoms with E-state index in [0.29, 0.717) is 16.7 Å². The number of pyridine rings is 1. The van der Waals surface area contributed by atoms with Crippen molar-refractivity contribution in [2.24, 2.45) is 5.92 Å². The molecule has 1 aliphatic rings. The Bertz CT molecular complexity index is 1220. The summed E-state index contributed by atoms with van der Waals surface area (Å²) in [6.07, 6.45) is 4.36. The van der Waals surface area contributed by atoms with Crippen molar-refractivity contribution in [1.29, 1.82) is 0 Å². The molecule has 0 N–H and O–H groups in total. The quantitative estimate of drug-likeness (QED) is 0.313. The van der Waals surface area contributed by atoms with E-state index in [-0.39, 0.29) is 24.5 Å². The molecule has 2 amide bonds. The molecule has 2 aromatic carbocycles. The standard InChI is InChI=1S/C30H32N2O5/c1-4-5-27(23-10-12-24(13-11-23)30(35)37-32-28(33)16-17-29(32)34)36-25-14-15-26(31-19-25)22-8-6-21(7-9-22)18-20(2)3/h6-15,19-20,27H,4-5,16-18H2,1-3H3. The third kappa shape index (κ3) is 6.61. The average Bonchev–Trinajstić information content (AvgIpc) is 3.21. The molecule has 1 aliphatic heterocycles. The number of rotatable bonds is 10. The second-order valence-corrected chi connectivity index (χ2v) is 9.65. The molecule has 7 heteroatoms. The first-order valence-corrected chi connectivity index (χ1v) is 12.7. The van der Waals surface area contributed by atoms with Crippen LogP contribution in [0.25, 0.3) is 11.3 Å².